The molecule has 1 unspecified atom stereocenters. The summed E-state index contributed by atoms with van der Waals surface area (Å²) in [5.74, 6) is 0. The standard InChI is InChI=1S/C19H27N4O2/c1-19(2,3)23(9-5-4-6-10-23)13-14-12-21-16(24)8-7-15-18(21)22(14)17(25)11-20-15/h7-8,11,14H,4-6,9-10,12-13H2,1-3H3/q+1. The second-order valence-electron chi connectivity index (χ2n) is 8.62. The quantitative estimate of drug-likeness (QED) is 0.783. The van der Waals surface area contributed by atoms with Crippen LogP contribution in [0.1, 0.15) is 46.1 Å². The fourth-order valence-corrected chi connectivity index (χ4v) is 4.81. The summed E-state index contributed by atoms with van der Waals surface area (Å²) in [6, 6.07) is 3.30. The highest BCUT2D eigenvalue weighted by atomic mass is 16.1. The molecule has 25 heavy (non-hydrogen) atoms. The van der Waals surface area contributed by atoms with Gasteiger partial charge in [-0.15, -0.1) is 0 Å². The molecule has 4 heterocycles. The number of quaternary nitrogens is 1. The third kappa shape index (κ3) is 2.46. The number of pyridine rings is 1. The van der Waals surface area contributed by atoms with Gasteiger partial charge in [-0.05, 0) is 46.1 Å². The van der Waals surface area contributed by atoms with E-state index in [-0.39, 0.29) is 22.7 Å². The van der Waals surface area contributed by atoms with Crippen molar-refractivity contribution >= 4 is 11.2 Å². The molecule has 6 nitrogen and oxygen atoms in total. The Morgan fingerprint density at radius 1 is 1.12 bits per heavy atom. The molecule has 4 rings (SSSR count). The first-order chi connectivity index (χ1) is 11.8. The molecule has 0 saturated carbocycles. The lowest BCUT2D eigenvalue weighted by Crippen LogP contribution is -2.64. The van der Waals surface area contributed by atoms with Gasteiger partial charge in [0.15, 0.2) is 0 Å². The Hall–Kier alpha value is -1.95. The molecular weight excluding hydrogens is 316 g/mol. The van der Waals surface area contributed by atoms with Crippen molar-refractivity contribution in [3.63, 3.8) is 0 Å². The van der Waals surface area contributed by atoms with Crippen LogP contribution in [0.5, 0.6) is 0 Å². The van der Waals surface area contributed by atoms with Crippen LogP contribution in [0.2, 0.25) is 0 Å². The minimum absolute atomic E-state index is 0.0189. The Morgan fingerprint density at radius 3 is 2.52 bits per heavy atom. The summed E-state index contributed by atoms with van der Waals surface area (Å²) in [6.07, 6.45) is 5.15. The highest BCUT2D eigenvalue weighted by Gasteiger charge is 2.44. The van der Waals surface area contributed by atoms with Crippen molar-refractivity contribution in [3.8, 4) is 0 Å². The lowest BCUT2D eigenvalue weighted by Gasteiger charge is -2.52. The molecule has 1 atom stereocenters. The smallest absolute Gasteiger partial charge is 0.271 e. The second-order valence-corrected chi connectivity index (χ2v) is 8.62. The third-order valence-electron chi connectivity index (χ3n) is 6.33. The number of hydrogen-bond acceptors (Lipinski definition) is 3. The minimum atomic E-state index is -0.0987. The number of hydrogen-bond donors (Lipinski definition) is 0. The Labute approximate surface area is 147 Å². The summed E-state index contributed by atoms with van der Waals surface area (Å²) >= 11 is 0. The van der Waals surface area contributed by atoms with Gasteiger partial charge in [0.25, 0.3) is 11.1 Å². The van der Waals surface area contributed by atoms with Crippen molar-refractivity contribution in [1.29, 1.82) is 0 Å². The first-order valence-corrected chi connectivity index (χ1v) is 9.30. The summed E-state index contributed by atoms with van der Waals surface area (Å²) in [6.45, 7) is 10.7. The van der Waals surface area contributed by atoms with E-state index in [0.29, 0.717) is 12.2 Å². The molecule has 2 aromatic rings. The Bertz CT molecular complexity index is 924. The number of nitrogens with zero attached hydrogens (tertiary/aromatic N) is 4. The average molecular weight is 343 g/mol. The van der Waals surface area contributed by atoms with Crippen LogP contribution in [0, 0.1) is 0 Å². The van der Waals surface area contributed by atoms with Gasteiger partial charge in [-0.2, -0.15) is 0 Å². The molecule has 0 amide bonds. The van der Waals surface area contributed by atoms with Gasteiger partial charge in [-0.1, -0.05) is 0 Å². The van der Waals surface area contributed by atoms with Gasteiger partial charge in [0.2, 0.25) is 0 Å². The molecule has 0 spiro atoms. The van der Waals surface area contributed by atoms with Gasteiger partial charge in [0.1, 0.15) is 23.8 Å². The Morgan fingerprint density at radius 2 is 1.84 bits per heavy atom. The molecule has 2 aromatic heterocycles. The normalized spacial score (nSPS) is 22.4. The van der Waals surface area contributed by atoms with Gasteiger partial charge in [-0.25, -0.2) is 4.98 Å². The maximum Gasteiger partial charge on any atom is 0.271 e. The van der Waals surface area contributed by atoms with E-state index in [9.17, 15) is 9.59 Å². The molecule has 0 aliphatic carbocycles. The van der Waals surface area contributed by atoms with Gasteiger partial charge in [0.05, 0.1) is 31.4 Å². The van der Waals surface area contributed by atoms with E-state index >= 15 is 0 Å². The average Bonchev–Trinajstić information content (AvgIpc) is 2.94. The van der Waals surface area contributed by atoms with Crippen LogP contribution in [0.25, 0.3) is 11.2 Å². The minimum Gasteiger partial charge on any atom is -0.318 e. The highest BCUT2D eigenvalue weighted by Crippen LogP contribution is 2.34. The Balaban J connectivity index is 1.82. The molecule has 2 aliphatic rings. The molecule has 0 radical (unpaired) electrons. The second kappa shape index (κ2) is 5.53. The fourth-order valence-electron chi connectivity index (χ4n) is 4.81. The molecule has 0 bridgehead atoms. The molecule has 0 N–H and O–H groups in total. The largest absolute Gasteiger partial charge is 0.318 e. The van der Waals surface area contributed by atoms with Crippen molar-refractivity contribution in [3.05, 3.63) is 39.0 Å². The molecular formula is C19H27N4O2+. The van der Waals surface area contributed by atoms with Crippen LogP contribution in [0.15, 0.2) is 27.9 Å². The van der Waals surface area contributed by atoms with Crippen molar-refractivity contribution in [1.82, 2.24) is 14.1 Å². The van der Waals surface area contributed by atoms with Crippen LogP contribution in [0.3, 0.4) is 0 Å². The van der Waals surface area contributed by atoms with E-state index in [0.717, 1.165) is 29.6 Å². The summed E-state index contributed by atoms with van der Waals surface area (Å²) in [7, 11) is 0. The van der Waals surface area contributed by atoms with Crippen LogP contribution in [0.4, 0.5) is 0 Å². The van der Waals surface area contributed by atoms with Crippen LogP contribution < -0.4 is 11.1 Å². The van der Waals surface area contributed by atoms with Crippen molar-refractivity contribution < 1.29 is 4.48 Å². The number of likely N-dealkylation sites (tertiary alicyclic amines) is 1. The molecule has 134 valence electrons. The predicted octanol–water partition coefficient (Wildman–Crippen LogP) is 1.91. The van der Waals surface area contributed by atoms with E-state index in [1.807, 2.05) is 4.57 Å². The number of rotatable bonds is 2. The number of piperidine rings is 1. The zero-order chi connectivity index (χ0) is 17.8. The maximum atomic E-state index is 12.6. The van der Waals surface area contributed by atoms with Crippen molar-refractivity contribution in [2.45, 2.75) is 58.2 Å². The van der Waals surface area contributed by atoms with Gasteiger partial charge >= 0.3 is 0 Å². The van der Waals surface area contributed by atoms with E-state index in [4.69, 9.17) is 0 Å². The van der Waals surface area contributed by atoms with E-state index < -0.39 is 0 Å². The first kappa shape index (κ1) is 16.5. The topological polar surface area (TPSA) is 56.9 Å². The molecule has 2 aliphatic heterocycles. The molecule has 6 heteroatoms. The SMILES string of the molecule is CC(C)(C)[N+]1(CC2Cn3c(=O)ccc4ncc(=O)n2c43)CCCCC1. The monoisotopic (exact) mass is 343 g/mol. The van der Waals surface area contributed by atoms with E-state index in [1.165, 1.54) is 25.5 Å². The summed E-state index contributed by atoms with van der Waals surface area (Å²) in [4.78, 5) is 29.2. The van der Waals surface area contributed by atoms with E-state index in [1.54, 1.807) is 16.7 Å². The summed E-state index contributed by atoms with van der Waals surface area (Å²) < 4.78 is 4.57. The lowest BCUT2D eigenvalue weighted by atomic mass is 9.94. The van der Waals surface area contributed by atoms with E-state index in [2.05, 4.69) is 25.8 Å². The third-order valence-corrected chi connectivity index (χ3v) is 6.33. The van der Waals surface area contributed by atoms with Gasteiger partial charge in [-0.3, -0.25) is 18.7 Å². The molecule has 1 saturated heterocycles. The predicted molar refractivity (Wildman–Crippen MR) is 97.8 cm³/mol. The van der Waals surface area contributed by atoms with Crippen LogP contribution in [-0.2, 0) is 6.54 Å². The van der Waals surface area contributed by atoms with Crippen LogP contribution >= 0.6 is 0 Å². The van der Waals surface area contributed by atoms with Gasteiger partial charge < -0.3 is 4.48 Å². The zero-order valence-corrected chi connectivity index (χ0v) is 15.4. The Kier molecular flexibility index (Phi) is 3.65. The highest BCUT2D eigenvalue weighted by molar-refractivity contribution is 5.71. The fraction of sp³-hybridized carbons (Fsp3) is 0.632. The summed E-state index contributed by atoms with van der Waals surface area (Å²) in [5, 5.41) is 0. The maximum absolute atomic E-state index is 12.6. The van der Waals surface area contributed by atoms with Crippen molar-refractivity contribution in [2.75, 3.05) is 19.6 Å². The first-order valence-electron chi connectivity index (χ1n) is 9.30. The molecule has 1 fully saturated rings. The number of aromatic nitrogens is 3. The zero-order valence-electron chi connectivity index (χ0n) is 15.4. The van der Waals surface area contributed by atoms with Crippen molar-refractivity contribution in [2.24, 2.45) is 0 Å². The van der Waals surface area contributed by atoms with Gasteiger partial charge in [0, 0.05) is 6.07 Å². The summed E-state index contributed by atoms with van der Waals surface area (Å²) in [5.41, 5.74) is 1.39. The lowest BCUT2D eigenvalue weighted by molar-refractivity contribution is -0.976. The van der Waals surface area contributed by atoms with Crippen LogP contribution in [-0.4, -0.2) is 43.8 Å². The molecule has 0 aromatic carbocycles.